The second kappa shape index (κ2) is 6.11. The lowest BCUT2D eigenvalue weighted by atomic mass is 10.2. The first-order valence-electron chi connectivity index (χ1n) is 7.21. The molecule has 1 amide bonds. The predicted octanol–water partition coefficient (Wildman–Crippen LogP) is 5.46. The Labute approximate surface area is 146 Å². The number of nitrogens with one attached hydrogen (secondary N) is 1. The van der Waals surface area contributed by atoms with E-state index in [1.165, 1.54) is 11.3 Å². The third-order valence-corrected chi connectivity index (χ3v) is 4.70. The fourth-order valence-electron chi connectivity index (χ4n) is 2.34. The first-order valence-corrected chi connectivity index (χ1v) is 8.47. The number of carbonyl (C=O) groups excluding carboxylic acids is 1. The minimum atomic E-state index is -0.193. The predicted molar refractivity (Wildman–Crippen MR) is 96.7 cm³/mol. The number of hydrogen-bond donors (Lipinski definition) is 1. The first kappa shape index (κ1) is 14.9. The number of nitrogens with zero attached hydrogens (tertiary/aromatic N) is 1. The van der Waals surface area contributed by atoms with E-state index in [1.807, 2.05) is 41.8 Å². The zero-order valence-corrected chi connectivity index (χ0v) is 13.9. The van der Waals surface area contributed by atoms with E-state index >= 15 is 0 Å². The summed E-state index contributed by atoms with van der Waals surface area (Å²) < 4.78 is 5.76. The standard InChI is InChI=1S/C18H11ClN2O2S/c19-12-8-7-11(18-21-13-4-1-2-5-15(13)23-18)10-14(12)20-17(22)16-6-3-9-24-16/h1-10H,(H,20,22). The zero-order valence-electron chi connectivity index (χ0n) is 12.3. The second-order valence-electron chi connectivity index (χ2n) is 5.11. The lowest BCUT2D eigenvalue weighted by Gasteiger charge is -2.07. The molecule has 4 aromatic rings. The summed E-state index contributed by atoms with van der Waals surface area (Å²) in [4.78, 5) is 17.3. The summed E-state index contributed by atoms with van der Waals surface area (Å²) in [7, 11) is 0. The van der Waals surface area contributed by atoms with E-state index in [0.29, 0.717) is 27.1 Å². The molecule has 4 rings (SSSR count). The van der Waals surface area contributed by atoms with Crippen LogP contribution >= 0.6 is 22.9 Å². The van der Waals surface area contributed by atoms with Crippen molar-refractivity contribution in [1.82, 2.24) is 4.98 Å². The molecular formula is C18H11ClN2O2S. The zero-order chi connectivity index (χ0) is 16.5. The van der Waals surface area contributed by atoms with E-state index < -0.39 is 0 Å². The molecule has 4 nitrogen and oxygen atoms in total. The number of aromatic nitrogens is 1. The Morgan fingerprint density at radius 2 is 2.00 bits per heavy atom. The number of fused-ring (bicyclic) bond motifs is 1. The van der Waals surface area contributed by atoms with Crippen LogP contribution in [0.1, 0.15) is 9.67 Å². The van der Waals surface area contributed by atoms with Gasteiger partial charge in [-0.3, -0.25) is 4.79 Å². The van der Waals surface area contributed by atoms with Gasteiger partial charge < -0.3 is 9.73 Å². The molecule has 0 saturated carbocycles. The number of carbonyl (C=O) groups is 1. The highest BCUT2D eigenvalue weighted by atomic mass is 35.5. The average Bonchev–Trinajstić information content (AvgIpc) is 3.26. The maximum Gasteiger partial charge on any atom is 0.265 e. The van der Waals surface area contributed by atoms with E-state index in [1.54, 1.807) is 18.2 Å². The van der Waals surface area contributed by atoms with Gasteiger partial charge in [0.25, 0.3) is 5.91 Å². The second-order valence-corrected chi connectivity index (χ2v) is 6.47. The highest BCUT2D eigenvalue weighted by Gasteiger charge is 2.13. The lowest BCUT2D eigenvalue weighted by Crippen LogP contribution is -2.10. The minimum absolute atomic E-state index is 0.193. The van der Waals surface area contributed by atoms with Crippen molar-refractivity contribution in [2.75, 3.05) is 5.32 Å². The van der Waals surface area contributed by atoms with Crippen LogP contribution in [-0.2, 0) is 0 Å². The maximum atomic E-state index is 12.2. The maximum absolute atomic E-state index is 12.2. The van der Waals surface area contributed by atoms with Crippen LogP contribution in [0.15, 0.2) is 64.4 Å². The molecule has 0 radical (unpaired) electrons. The molecule has 0 atom stereocenters. The van der Waals surface area contributed by atoms with Crippen molar-refractivity contribution >= 4 is 45.6 Å². The summed E-state index contributed by atoms with van der Waals surface area (Å²) in [5, 5.41) is 5.14. The van der Waals surface area contributed by atoms with E-state index in [2.05, 4.69) is 10.3 Å². The van der Waals surface area contributed by atoms with Crippen LogP contribution in [0.5, 0.6) is 0 Å². The van der Waals surface area contributed by atoms with E-state index in [0.717, 1.165) is 11.1 Å². The third kappa shape index (κ3) is 2.79. The molecule has 118 valence electrons. The molecular weight excluding hydrogens is 344 g/mol. The molecule has 0 bridgehead atoms. The van der Waals surface area contributed by atoms with Crippen molar-refractivity contribution in [3.05, 3.63) is 69.9 Å². The van der Waals surface area contributed by atoms with Gasteiger partial charge in [0.15, 0.2) is 5.58 Å². The largest absolute Gasteiger partial charge is 0.436 e. The molecule has 6 heteroatoms. The smallest absolute Gasteiger partial charge is 0.265 e. The van der Waals surface area contributed by atoms with Crippen LogP contribution in [-0.4, -0.2) is 10.9 Å². The molecule has 0 unspecified atom stereocenters. The normalized spacial score (nSPS) is 10.9. The summed E-state index contributed by atoms with van der Waals surface area (Å²) in [5.41, 5.74) is 2.77. The molecule has 2 aromatic carbocycles. The number of para-hydroxylation sites is 2. The molecule has 0 aliphatic rings. The number of rotatable bonds is 3. The van der Waals surface area contributed by atoms with Gasteiger partial charge in [-0.15, -0.1) is 11.3 Å². The topological polar surface area (TPSA) is 55.1 Å². The van der Waals surface area contributed by atoms with Crippen molar-refractivity contribution in [2.45, 2.75) is 0 Å². The number of amides is 1. The summed E-state index contributed by atoms with van der Waals surface area (Å²) in [6.45, 7) is 0. The Morgan fingerprint density at radius 3 is 2.79 bits per heavy atom. The number of halogens is 1. The Kier molecular flexibility index (Phi) is 3.80. The summed E-state index contributed by atoms with van der Waals surface area (Å²) >= 11 is 7.58. The minimum Gasteiger partial charge on any atom is -0.436 e. The van der Waals surface area contributed by atoms with Crippen LogP contribution in [0.3, 0.4) is 0 Å². The van der Waals surface area contributed by atoms with Gasteiger partial charge >= 0.3 is 0 Å². The summed E-state index contributed by atoms with van der Waals surface area (Å²) in [6.07, 6.45) is 0. The van der Waals surface area contributed by atoms with Gasteiger partial charge in [0.1, 0.15) is 5.52 Å². The average molecular weight is 355 g/mol. The van der Waals surface area contributed by atoms with Crippen LogP contribution < -0.4 is 5.32 Å². The van der Waals surface area contributed by atoms with E-state index in [9.17, 15) is 4.79 Å². The van der Waals surface area contributed by atoms with E-state index in [4.69, 9.17) is 16.0 Å². The van der Waals surface area contributed by atoms with Gasteiger partial charge in [0.05, 0.1) is 15.6 Å². The van der Waals surface area contributed by atoms with E-state index in [-0.39, 0.29) is 5.91 Å². The highest BCUT2D eigenvalue weighted by molar-refractivity contribution is 7.12. The van der Waals surface area contributed by atoms with Gasteiger partial charge in [0.2, 0.25) is 5.89 Å². The van der Waals surface area contributed by atoms with Crippen LogP contribution in [0, 0.1) is 0 Å². The molecule has 0 spiro atoms. The van der Waals surface area contributed by atoms with Crippen molar-refractivity contribution in [3.63, 3.8) is 0 Å². The first-order chi connectivity index (χ1) is 11.7. The SMILES string of the molecule is O=C(Nc1cc(-c2nc3ccccc3o2)ccc1Cl)c1cccs1. The van der Waals surface area contributed by atoms with Crippen molar-refractivity contribution in [1.29, 1.82) is 0 Å². The third-order valence-electron chi connectivity index (χ3n) is 3.50. The number of oxazole rings is 1. The number of thiophene rings is 1. The monoisotopic (exact) mass is 354 g/mol. The number of anilines is 1. The quantitative estimate of drug-likeness (QED) is 0.531. The molecule has 0 saturated heterocycles. The van der Waals surface area contributed by atoms with Gasteiger partial charge in [0, 0.05) is 5.56 Å². The molecule has 24 heavy (non-hydrogen) atoms. The molecule has 0 aliphatic heterocycles. The summed E-state index contributed by atoms with van der Waals surface area (Å²) in [6, 6.07) is 16.4. The van der Waals surface area contributed by atoms with Crippen molar-refractivity contribution < 1.29 is 9.21 Å². The van der Waals surface area contributed by atoms with Gasteiger partial charge in [-0.1, -0.05) is 29.8 Å². The molecule has 0 aliphatic carbocycles. The Hall–Kier alpha value is -2.63. The Morgan fingerprint density at radius 1 is 1.12 bits per heavy atom. The number of benzene rings is 2. The van der Waals surface area contributed by atoms with Crippen molar-refractivity contribution in [3.8, 4) is 11.5 Å². The van der Waals surface area contributed by atoms with Crippen LogP contribution in [0.25, 0.3) is 22.6 Å². The number of hydrogen-bond acceptors (Lipinski definition) is 4. The molecule has 1 N–H and O–H groups in total. The van der Waals surface area contributed by atoms with Gasteiger partial charge in [-0.25, -0.2) is 4.98 Å². The fraction of sp³-hybridized carbons (Fsp3) is 0. The Bertz CT molecular complexity index is 992. The molecule has 2 aromatic heterocycles. The highest BCUT2D eigenvalue weighted by Crippen LogP contribution is 2.30. The van der Waals surface area contributed by atoms with Crippen LogP contribution in [0.4, 0.5) is 5.69 Å². The lowest BCUT2D eigenvalue weighted by molar-refractivity contribution is 0.103. The summed E-state index contributed by atoms with van der Waals surface area (Å²) in [5.74, 6) is 0.293. The molecule has 2 heterocycles. The fourth-order valence-corrected chi connectivity index (χ4v) is 3.13. The van der Waals surface area contributed by atoms with Gasteiger partial charge in [-0.05, 0) is 41.8 Å². The Balaban J connectivity index is 1.69. The van der Waals surface area contributed by atoms with Crippen LogP contribution in [0.2, 0.25) is 5.02 Å². The van der Waals surface area contributed by atoms with Gasteiger partial charge in [-0.2, -0.15) is 0 Å². The van der Waals surface area contributed by atoms with Crippen molar-refractivity contribution in [2.24, 2.45) is 0 Å². The molecule has 0 fully saturated rings.